The summed E-state index contributed by atoms with van der Waals surface area (Å²) in [6.45, 7) is 4.10. The third kappa shape index (κ3) is 2.15. The minimum atomic E-state index is 0.522. The molecule has 1 atom stereocenters. The predicted molar refractivity (Wildman–Crippen MR) is 51.7 cm³/mol. The number of aromatic nitrogens is 2. The minimum absolute atomic E-state index is 0.522. The number of nitrogens with zero attached hydrogens (tertiary/aromatic N) is 2. The van der Waals surface area contributed by atoms with Gasteiger partial charge in [-0.05, 0) is 19.9 Å². The quantitative estimate of drug-likeness (QED) is 0.694. The molecular formula is C9H14N4. The van der Waals surface area contributed by atoms with Crippen LogP contribution in [-0.2, 0) is 0 Å². The molecule has 1 saturated heterocycles. The van der Waals surface area contributed by atoms with Gasteiger partial charge in [0, 0.05) is 24.3 Å². The fourth-order valence-corrected chi connectivity index (χ4v) is 1.52. The van der Waals surface area contributed by atoms with Crippen molar-refractivity contribution in [2.75, 3.05) is 18.4 Å². The zero-order valence-electron chi connectivity index (χ0n) is 7.75. The molecule has 1 fully saturated rings. The minimum Gasteiger partial charge on any atom is -0.366 e. The van der Waals surface area contributed by atoms with Crippen LogP contribution in [0.2, 0.25) is 0 Å². The van der Waals surface area contributed by atoms with Gasteiger partial charge in [-0.25, -0.2) is 9.97 Å². The average Bonchev–Trinajstić information content (AvgIpc) is 2.57. The Bertz CT molecular complexity index is 281. The highest BCUT2D eigenvalue weighted by atomic mass is 15.1. The summed E-state index contributed by atoms with van der Waals surface area (Å²) in [4.78, 5) is 8.20. The van der Waals surface area contributed by atoms with Gasteiger partial charge in [0.15, 0.2) is 0 Å². The van der Waals surface area contributed by atoms with E-state index < -0.39 is 0 Å². The van der Waals surface area contributed by atoms with Crippen molar-refractivity contribution in [3.8, 4) is 0 Å². The van der Waals surface area contributed by atoms with Gasteiger partial charge in [0.2, 0.25) is 0 Å². The molecule has 1 aromatic rings. The Morgan fingerprint density at radius 3 is 3.15 bits per heavy atom. The summed E-state index contributed by atoms with van der Waals surface area (Å²) in [7, 11) is 0. The van der Waals surface area contributed by atoms with Gasteiger partial charge < -0.3 is 10.6 Å². The maximum atomic E-state index is 4.15. The van der Waals surface area contributed by atoms with Gasteiger partial charge in [-0.3, -0.25) is 0 Å². The molecule has 1 aromatic heterocycles. The van der Waals surface area contributed by atoms with Crippen LogP contribution in [0, 0.1) is 6.92 Å². The van der Waals surface area contributed by atoms with Crippen LogP contribution >= 0.6 is 0 Å². The fraction of sp³-hybridized carbons (Fsp3) is 0.556. The molecule has 0 aromatic carbocycles. The van der Waals surface area contributed by atoms with Crippen molar-refractivity contribution >= 4 is 5.82 Å². The van der Waals surface area contributed by atoms with E-state index in [2.05, 4.69) is 20.6 Å². The van der Waals surface area contributed by atoms with Crippen LogP contribution in [0.3, 0.4) is 0 Å². The van der Waals surface area contributed by atoms with Crippen molar-refractivity contribution in [2.24, 2.45) is 0 Å². The number of rotatable bonds is 2. The summed E-state index contributed by atoms with van der Waals surface area (Å²) in [5.41, 5.74) is 1.00. The Labute approximate surface area is 77.8 Å². The van der Waals surface area contributed by atoms with Crippen LogP contribution in [0.1, 0.15) is 12.1 Å². The monoisotopic (exact) mass is 178 g/mol. The molecule has 4 nitrogen and oxygen atoms in total. The first-order chi connectivity index (χ1) is 6.34. The van der Waals surface area contributed by atoms with Gasteiger partial charge in [-0.2, -0.15) is 0 Å². The maximum Gasteiger partial charge on any atom is 0.129 e. The highest BCUT2D eigenvalue weighted by Crippen LogP contribution is 2.08. The summed E-state index contributed by atoms with van der Waals surface area (Å²) in [6.07, 6.45) is 2.77. The molecular weight excluding hydrogens is 164 g/mol. The molecule has 4 heteroatoms. The zero-order valence-corrected chi connectivity index (χ0v) is 7.75. The number of anilines is 1. The topological polar surface area (TPSA) is 49.8 Å². The van der Waals surface area contributed by atoms with E-state index in [4.69, 9.17) is 0 Å². The van der Waals surface area contributed by atoms with Crippen molar-refractivity contribution in [3.05, 3.63) is 18.1 Å². The molecule has 0 spiro atoms. The number of aryl methyl sites for hydroxylation is 1. The Balaban J connectivity index is 2.00. The number of hydrogen-bond donors (Lipinski definition) is 2. The standard InChI is InChI=1S/C9H14N4/c1-7-4-9(12-6-11-7)13-8-2-3-10-5-8/h4,6,8,10H,2-3,5H2,1H3,(H,11,12,13)/t8-/m1/s1. The second-order valence-electron chi connectivity index (χ2n) is 3.38. The zero-order chi connectivity index (χ0) is 9.10. The Kier molecular flexibility index (Phi) is 2.40. The summed E-state index contributed by atoms with van der Waals surface area (Å²) in [6, 6.07) is 2.49. The van der Waals surface area contributed by atoms with Crippen molar-refractivity contribution in [1.82, 2.24) is 15.3 Å². The first-order valence-corrected chi connectivity index (χ1v) is 4.60. The number of nitrogens with one attached hydrogen (secondary N) is 2. The Morgan fingerprint density at radius 1 is 1.54 bits per heavy atom. The van der Waals surface area contributed by atoms with Crippen LogP contribution in [0.4, 0.5) is 5.82 Å². The largest absolute Gasteiger partial charge is 0.366 e. The SMILES string of the molecule is Cc1cc(N[C@@H]2CCNC2)ncn1. The van der Waals surface area contributed by atoms with E-state index in [1.807, 2.05) is 13.0 Å². The van der Waals surface area contributed by atoms with Gasteiger partial charge in [-0.1, -0.05) is 0 Å². The molecule has 0 bridgehead atoms. The van der Waals surface area contributed by atoms with Gasteiger partial charge in [0.05, 0.1) is 0 Å². The van der Waals surface area contributed by atoms with E-state index in [0.29, 0.717) is 6.04 Å². The molecule has 13 heavy (non-hydrogen) atoms. The van der Waals surface area contributed by atoms with Crippen molar-refractivity contribution < 1.29 is 0 Å². The molecule has 0 radical (unpaired) electrons. The molecule has 0 amide bonds. The van der Waals surface area contributed by atoms with Crippen LogP contribution in [0.25, 0.3) is 0 Å². The van der Waals surface area contributed by atoms with Crippen LogP contribution in [0.15, 0.2) is 12.4 Å². The number of hydrogen-bond acceptors (Lipinski definition) is 4. The first kappa shape index (κ1) is 8.44. The maximum absolute atomic E-state index is 4.15. The van der Waals surface area contributed by atoms with Crippen LogP contribution in [-0.4, -0.2) is 29.1 Å². The lowest BCUT2D eigenvalue weighted by molar-refractivity contribution is 0.786. The molecule has 2 heterocycles. The van der Waals surface area contributed by atoms with Crippen molar-refractivity contribution in [1.29, 1.82) is 0 Å². The molecule has 1 aliphatic rings. The van der Waals surface area contributed by atoms with E-state index in [1.165, 1.54) is 6.42 Å². The molecule has 0 saturated carbocycles. The third-order valence-electron chi connectivity index (χ3n) is 2.22. The lowest BCUT2D eigenvalue weighted by Crippen LogP contribution is -2.22. The van der Waals surface area contributed by atoms with Crippen molar-refractivity contribution in [2.45, 2.75) is 19.4 Å². The lowest BCUT2D eigenvalue weighted by atomic mass is 10.2. The average molecular weight is 178 g/mol. The molecule has 1 aliphatic heterocycles. The highest BCUT2D eigenvalue weighted by molar-refractivity contribution is 5.35. The van der Waals surface area contributed by atoms with Crippen LogP contribution in [0.5, 0.6) is 0 Å². The fourth-order valence-electron chi connectivity index (χ4n) is 1.52. The van der Waals surface area contributed by atoms with Crippen LogP contribution < -0.4 is 10.6 Å². The van der Waals surface area contributed by atoms with Gasteiger partial charge in [0.1, 0.15) is 12.1 Å². The predicted octanol–water partition coefficient (Wildman–Crippen LogP) is 0.559. The van der Waals surface area contributed by atoms with E-state index in [-0.39, 0.29) is 0 Å². The molecule has 70 valence electrons. The van der Waals surface area contributed by atoms with E-state index >= 15 is 0 Å². The van der Waals surface area contributed by atoms with Gasteiger partial charge >= 0.3 is 0 Å². The summed E-state index contributed by atoms with van der Waals surface area (Å²) < 4.78 is 0. The summed E-state index contributed by atoms with van der Waals surface area (Å²) >= 11 is 0. The van der Waals surface area contributed by atoms with E-state index in [1.54, 1.807) is 6.33 Å². The summed E-state index contributed by atoms with van der Waals surface area (Å²) in [5, 5.41) is 6.67. The third-order valence-corrected chi connectivity index (χ3v) is 2.22. The molecule has 0 unspecified atom stereocenters. The molecule has 0 aliphatic carbocycles. The first-order valence-electron chi connectivity index (χ1n) is 4.60. The van der Waals surface area contributed by atoms with Gasteiger partial charge in [-0.15, -0.1) is 0 Å². The summed E-state index contributed by atoms with van der Waals surface area (Å²) in [5.74, 6) is 0.932. The normalized spacial score (nSPS) is 21.8. The molecule has 2 N–H and O–H groups in total. The lowest BCUT2D eigenvalue weighted by Gasteiger charge is -2.11. The van der Waals surface area contributed by atoms with E-state index in [0.717, 1.165) is 24.6 Å². The smallest absolute Gasteiger partial charge is 0.129 e. The Hall–Kier alpha value is -1.16. The van der Waals surface area contributed by atoms with Crippen molar-refractivity contribution in [3.63, 3.8) is 0 Å². The Morgan fingerprint density at radius 2 is 2.46 bits per heavy atom. The van der Waals surface area contributed by atoms with E-state index in [9.17, 15) is 0 Å². The second-order valence-corrected chi connectivity index (χ2v) is 3.38. The second kappa shape index (κ2) is 3.70. The molecule has 2 rings (SSSR count). The van der Waals surface area contributed by atoms with Gasteiger partial charge in [0.25, 0.3) is 0 Å². The highest BCUT2D eigenvalue weighted by Gasteiger charge is 2.13.